The molecule has 0 aliphatic carbocycles. The molecule has 0 aliphatic heterocycles. The second kappa shape index (κ2) is 5.69. The van der Waals surface area contributed by atoms with Crippen LogP contribution in [0.5, 0.6) is 0 Å². The predicted octanol–water partition coefficient (Wildman–Crippen LogP) is 1.10. The molecule has 0 amide bonds. The summed E-state index contributed by atoms with van der Waals surface area (Å²) in [4.78, 5) is 0. The molecule has 2 heteroatoms. The molecule has 4 N–H and O–H groups in total. The second-order valence-corrected chi connectivity index (χ2v) is 2.99. The lowest BCUT2D eigenvalue weighted by Crippen LogP contribution is -2.28. The highest BCUT2D eigenvalue weighted by Gasteiger charge is 2.10. The van der Waals surface area contributed by atoms with E-state index in [1.165, 1.54) is 12.8 Å². The summed E-state index contributed by atoms with van der Waals surface area (Å²) >= 11 is 0. The van der Waals surface area contributed by atoms with Crippen LogP contribution in [0.25, 0.3) is 0 Å². The second-order valence-electron chi connectivity index (χ2n) is 2.99. The molecule has 0 radical (unpaired) electrons. The Labute approximate surface area is 64.0 Å². The van der Waals surface area contributed by atoms with Gasteiger partial charge in [-0.2, -0.15) is 0 Å². The van der Waals surface area contributed by atoms with Crippen molar-refractivity contribution in [2.45, 2.75) is 39.2 Å². The van der Waals surface area contributed by atoms with Crippen molar-refractivity contribution in [1.29, 1.82) is 0 Å². The molecule has 10 heavy (non-hydrogen) atoms. The Morgan fingerprint density at radius 1 is 1.30 bits per heavy atom. The molecule has 2 atom stereocenters. The topological polar surface area (TPSA) is 52.0 Å². The lowest BCUT2D eigenvalue weighted by Gasteiger charge is -2.18. The number of nitrogens with two attached hydrogens (primary N) is 2. The fourth-order valence-corrected chi connectivity index (χ4v) is 1.25. The molecular weight excluding hydrogens is 124 g/mol. The quantitative estimate of drug-likeness (QED) is 0.607. The van der Waals surface area contributed by atoms with Crippen molar-refractivity contribution in [3.63, 3.8) is 0 Å². The maximum Gasteiger partial charge on any atom is 0.00392 e. The summed E-state index contributed by atoms with van der Waals surface area (Å²) in [6.45, 7) is 5.02. The van der Waals surface area contributed by atoms with Crippen LogP contribution < -0.4 is 11.5 Å². The first-order valence-electron chi connectivity index (χ1n) is 4.18. The molecule has 2 nitrogen and oxygen atoms in total. The van der Waals surface area contributed by atoms with Gasteiger partial charge in [-0.05, 0) is 32.2 Å². The third-order valence-corrected chi connectivity index (χ3v) is 1.94. The Morgan fingerprint density at radius 2 is 1.90 bits per heavy atom. The number of hydrogen-bond acceptors (Lipinski definition) is 2. The Morgan fingerprint density at radius 3 is 2.20 bits per heavy atom. The van der Waals surface area contributed by atoms with E-state index in [9.17, 15) is 0 Å². The largest absolute Gasteiger partial charge is 0.330 e. The van der Waals surface area contributed by atoms with Gasteiger partial charge in [0, 0.05) is 6.04 Å². The maximum absolute atomic E-state index is 5.75. The van der Waals surface area contributed by atoms with Gasteiger partial charge in [-0.1, -0.05) is 13.3 Å². The molecular formula is C8H20N2. The molecule has 2 unspecified atom stereocenters. The van der Waals surface area contributed by atoms with Crippen LogP contribution in [0.4, 0.5) is 0 Å². The van der Waals surface area contributed by atoms with Crippen LogP contribution in [-0.2, 0) is 0 Å². The van der Waals surface area contributed by atoms with Crippen LogP contribution in [0.15, 0.2) is 0 Å². The molecule has 0 saturated heterocycles. The summed E-state index contributed by atoms with van der Waals surface area (Å²) < 4.78 is 0. The molecule has 0 fully saturated rings. The Bertz CT molecular complexity index is 65.7. The predicted molar refractivity (Wildman–Crippen MR) is 45.7 cm³/mol. The molecule has 0 aromatic rings. The third-order valence-electron chi connectivity index (χ3n) is 1.94. The average molecular weight is 144 g/mol. The Balaban J connectivity index is 3.50. The van der Waals surface area contributed by atoms with Crippen molar-refractivity contribution >= 4 is 0 Å². The Hall–Kier alpha value is -0.0800. The molecule has 62 valence electrons. The van der Waals surface area contributed by atoms with Gasteiger partial charge in [0.05, 0.1) is 0 Å². The van der Waals surface area contributed by atoms with Crippen LogP contribution in [0.1, 0.15) is 33.1 Å². The summed E-state index contributed by atoms with van der Waals surface area (Å²) in [5.74, 6) is 0.634. The highest BCUT2D eigenvalue weighted by Crippen LogP contribution is 2.12. The zero-order valence-electron chi connectivity index (χ0n) is 7.14. The monoisotopic (exact) mass is 144 g/mol. The van der Waals surface area contributed by atoms with Crippen LogP contribution in [0.2, 0.25) is 0 Å². The number of hydrogen-bond donors (Lipinski definition) is 2. The fraction of sp³-hybridized carbons (Fsp3) is 1.00. The highest BCUT2D eigenvalue weighted by molar-refractivity contribution is 4.68. The molecule has 0 saturated carbocycles. The van der Waals surface area contributed by atoms with Gasteiger partial charge in [0.1, 0.15) is 0 Å². The summed E-state index contributed by atoms with van der Waals surface area (Å²) in [6, 6.07) is 0.309. The molecule has 0 rings (SSSR count). The minimum atomic E-state index is 0.309. The van der Waals surface area contributed by atoms with Crippen molar-refractivity contribution in [1.82, 2.24) is 0 Å². The molecule has 0 aromatic carbocycles. The molecule has 0 bridgehead atoms. The van der Waals surface area contributed by atoms with E-state index in [1.54, 1.807) is 0 Å². The molecule has 0 aromatic heterocycles. The normalized spacial score (nSPS) is 16.8. The zero-order valence-corrected chi connectivity index (χ0v) is 7.14. The minimum Gasteiger partial charge on any atom is -0.330 e. The average Bonchev–Trinajstić information content (AvgIpc) is 1.87. The number of rotatable bonds is 5. The van der Waals surface area contributed by atoms with E-state index >= 15 is 0 Å². The molecule has 0 aliphatic rings. The van der Waals surface area contributed by atoms with E-state index < -0.39 is 0 Å². The van der Waals surface area contributed by atoms with Crippen molar-refractivity contribution in [2.24, 2.45) is 17.4 Å². The van der Waals surface area contributed by atoms with Crippen LogP contribution in [-0.4, -0.2) is 12.6 Å². The first kappa shape index (κ1) is 9.92. The summed E-state index contributed by atoms with van der Waals surface area (Å²) in [7, 11) is 0. The smallest absolute Gasteiger partial charge is 0.00392 e. The van der Waals surface area contributed by atoms with Gasteiger partial charge in [-0.25, -0.2) is 0 Å². The van der Waals surface area contributed by atoms with Gasteiger partial charge < -0.3 is 11.5 Å². The summed E-state index contributed by atoms with van der Waals surface area (Å²) in [6.07, 6.45) is 3.51. The summed E-state index contributed by atoms with van der Waals surface area (Å²) in [5.41, 5.74) is 11.2. The van der Waals surface area contributed by atoms with E-state index in [1.807, 2.05) is 0 Å². The SMILES string of the molecule is CCCC(CCN)C(C)N. The van der Waals surface area contributed by atoms with E-state index in [0.29, 0.717) is 12.0 Å². The van der Waals surface area contributed by atoms with Gasteiger partial charge in [-0.15, -0.1) is 0 Å². The lowest BCUT2D eigenvalue weighted by atomic mass is 9.93. The van der Waals surface area contributed by atoms with Crippen LogP contribution in [0, 0.1) is 5.92 Å². The minimum absolute atomic E-state index is 0.309. The van der Waals surface area contributed by atoms with Gasteiger partial charge in [0.2, 0.25) is 0 Å². The van der Waals surface area contributed by atoms with Crippen molar-refractivity contribution in [2.75, 3.05) is 6.54 Å². The van der Waals surface area contributed by atoms with Gasteiger partial charge >= 0.3 is 0 Å². The van der Waals surface area contributed by atoms with E-state index in [2.05, 4.69) is 13.8 Å². The first-order chi connectivity index (χ1) is 4.72. The first-order valence-corrected chi connectivity index (χ1v) is 4.18. The zero-order chi connectivity index (χ0) is 7.98. The van der Waals surface area contributed by atoms with Crippen LogP contribution in [0.3, 0.4) is 0 Å². The lowest BCUT2D eigenvalue weighted by molar-refractivity contribution is 0.388. The molecule has 0 heterocycles. The molecule has 0 spiro atoms. The van der Waals surface area contributed by atoms with E-state index in [0.717, 1.165) is 13.0 Å². The Kier molecular flexibility index (Phi) is 5.64. The standard InChI is InChI=1S/C8H20N2/c1-3-4-8(5-6-9)7(2)10/h7-8H,3-6,9-10H2,1-2H3. The van der Waals surface area contributed by atoms with Gasteiger partial charge in [0.25, 0.3) is 0 Å². The van der Waals surface area contributed by atoms with Crippen LogP contribution >= 0.6 is 0 Å². The van der Waals surface area contributed by atoms with Crippen molar-refractivity contribution in [3.05, 3.63) is 0 Å². The maximum atomic E-state index is 5.75. The summed E-state index contributed by atoms with van der Waals surface area (Å²) in [5, 5.41) is 0. The highest BCUT2D eigenvalue weighted by atomic mass is 14.6. The van der Waals surface area contributed by atoms with Gasteiger partial charge in [0.15, 0.2) is 0 Å². The van der Waals surface area contributed by atoms with E-state index in [4.69, 9.17) is 11.5 Å². The van der Waals surface area contributed by atoms with Crippen molar-refractivity contribution < 1.29 is 0 Å². The van der Waals surface area contributed by atoms with Crippen molar-refractivity contribution in [3.8, 4) is 0 Å². The third kappa shape index (κ3) is 3.85. The van der Waals surface area contributed by atoms with Gasteiger partial charge in [-0.3, -0.25) is 0 Å². The van der Waals surface area contributed by atoms with E-state index in [-0.39, 0.29) is 0 Å². The fourth-order valence-electron chi connectivity index (χ4n) is 1.25.